The minimum atomic E-state index is -0.431. The monoisotopic (exact) mass is 479 g/mol. The normalized spacial score (nSPS) is 22.1. The molecule has 3 aliphatic rings. The van der Waals surface area contributed by atoms with Crippen molar-refractivity contribution in [2.45, 2.75) is 18.5 Å². The number of nitrogens with one attached hydrogen (secondary N) is 1. The van der Waals surface area contributed by atoms with Gasteiger partial charge in [-0.25, -0.2) is 23.7 Å². The van der Waals surface area contributed by atoms with E-state index in [4.69, 9.17) is 4.74 Å². The fourth-order valence-corrected chi connectivity index (χ4v) is 5.30. The predicted molar refractivity (Wildman–Crippen MR) is 130 cm³/mol. The lowest BCUT2D eigenvalue weighted by Crippen LogP contribution is -2.44. The van der Waals surface area contributed by atoms with Gasteiger partial charge in [0.15, 0.2) is 11.6 Å². The van der Waals surface area contributed by atoms with Gasteiger partial charge in [0.05, 0.1) is 24.6 Å². The molecule has 35 heavy (non-hydrogen) atoms. The molecule has 5 heterocycles. The molecule has 0 aliphatic carbocycles. The number of rotatable bonds is 5. The van der Waals surface area contributed by atoms with Gasteiger partial charge in [-0.2, -0.15) is 0 Å². The van der Waals surface area contributed by atoms with Crippen LogP contribution in [-0.4, -0.2) is 78.4 Å². The van der Waals surface area contributed by atoms with Crippen molar-refractivity contribution in [2.75, 3.05) is 61.6 Å². The number of anilines is 4. The summed E-state index contributed by atoms with van der Waals surface area (Å²) in [6.45, 7) is 4.06. The average Bonchev–Trinajstić information content (AvgIpc) is 3.45. The summed E-state index contributed by atoms with van der Waals surface area (Å²) in [5.74, 6) is -0.157. The van der Waals surface area contributed by atoms with E-state index in [1.54, 1.807) is 30.6 Å². The van der Waals surface area contributed by atoms with E-state index in [0.29, 0.717) is 66.8 Å². The van der Waals surface area contributed by atoms with Gasteiger partial charge in [0.2, 0.25) is 5.95 Å². The zero-order valence-corrected chi connectivity index (χ0v) is 19.5. The Kier molecular flexibility index (Phi) is 5.69. The van der Waals surface area contributed by atoms with Gasteiger partial charge in [-0.15, -0.1) is 0 Å². The number of likely N-dealkylation sites (N-methyl/N-ethyl adjacent to an activating group) is 1. The lowest BCUT2D eigenvalue weighted by atomic mass is 10.1. The first kappa shape index (κ1) is 22.1. The molecule has 0 saturated carbocycles. The molecule has 0 amide bonds. The number of morpholine rings is 1. The molecular formula is C25H27F2N7O. The molecule has 6 rings (SSSR count). The van der Waals surface area contributed by atoms with Crippen LogP contribution >= 0.6 is 0 Å². The number of ether oxygens (including phenoxy) is 1. The van der Waals surface area contributed by atoms with Crippen LogP contribution in [-0.2, 0) is 4.74 Å². The van der Waals surface area contributed by atoms with Crippen LogP contribution in [0, 0.1) is 11.6 Å². The number of pyridine rings is 1. The first-order chi connectivity index (χ1) is 17.1. The summed E-state index contributed by atoms with van der Waals surface area (Å²) in [5, 5.41) is 3.06. The summed E-state index contributed by atoms with van der Waals surface area (Å²) in [7, 11) is 2.13. The van der Waals surface area contributed by atoms with Crippen molar-refractivity contribution in [2.24, 2.45) is 0 Å². The average molecular weight is 480 g/mol. The molecule has 1 N–H and O–H groups in total. The first-order valence-electron chi connectivity index (χ1n) is 11.9. The lowest BCUT2D eigenvalue weighted by Gasteiger charge is -2.33. The van der Waals surface area contributed by atoms with Crippen LogP contribution in [0.25, 0.3) is 11.3 Å². The molecule has 2 bridgehead atoms. The topological polar surface area (TPSA) is 69.7 Å². The van der Waals surface area contributed by atoms with Gasteiger partial charge in [-0.1, -0.05) is 0 Å². The summed E-state index contributed by atoms with van der Waals surface area (Å²) in [5.41, 5.74) is 1.92. The standard InChI is InChI=1S/C25H27F2N7O/c1-32-14-18-13-17(32)15-34(18)22-3-2-16(12-20(22)26)30-25-29-7-5-21(31-25)19-4-6-28-24(23(19)27)33-8-10-35-11-9-33/h2-7,12,17-18H,8-11,13-15H2,1H3,(H,29,30,31)/t17-,18-/m0/s1. The molecule has 0 radical (unpaired) electrons. The van der Waals surface area contributed by atoms with Crippen molar-refractivity contribution in [3.8, 4) is 11.3 Å². The summed E-state index contributed by atoms with van der Waals surface area (Å²) in [6.07, 6.45) is 4.21. The maximum Gasteiger partial charge on any atom is 0.227 e. The zero-order chi connectivity index (χ0) is 23.9. The number of hydrogen-bond donors (Lipinski definition) is 1. The van der Waals surface area contributed by atoms with Gasteiger partial charge in [0.25, 0.3) is 0 Å². The Morgan fingerprint density at radius 1 is 1.00 bits per heavy atom. The molecule has 10 heteroatoms. The van der Waals surface area contributed by atoms with Crippen LogP contribution in [0.3, 0.4) is 0 Å². The number of likely N-dealkylation sites (tertiary alicyclic amines) is 1. The van der Waals surface area contributed by atoms with Gasteiger partial charge in [-0.3, -0.25) is 4.90 Å². The van der Waals surface area contributed by atoms with Gasteiger partial charge < -0.3 is 19.9 Å². The third-order valence-corrected chi connectivity index (χ3v) is 7.14. The van der Waals surface area contributed by atoms with E-state index in [-0.39, 0.29) is 11.8 Å². The highest BCUT2D eigenvalue weighted by atomic mass is 19.1. The van der Waals surface area contributed by atoms with E-state index in [2.05, 4.69) is 37.1 Å². The minimum absolute atomic E-state index is 0.264. The second-order valence-corrected chi connectivity index (χ2v) is 9.29. The van der Waals surface area contributed by atoms with E-state index >= 15 is 8.78 Å². The SMILES string of the molecule is CN1C[C@@H]2C[C@H]1CN2c1ccc(Nc2nccc(-c3ccnc(N4CCOCC4)c3F)n2)cc1F. The Hall–Kier alpha value is -3.37. The van der Waals surface area contributed by atoms with Crippen molar-refractivity contribution in [1.82, 2.24) is 19.9 Å². The van der Waals surface area contributed by atoms with Crippen LogP contribution < -0.4 is 15.1 Å². The van der Waals surface area contributed by atoms with Crippen LogP contribution in [0.4, 0.5) is 31.9 Å². The van der Waals surface area contributed by atoms with Crippen molar-refractivity contribution in [1.29, 1.82) is 0 Å². The lowest BCUT2D eigenvalue weighted by molar-refractivity contribution is 0.122. The first-order valence-corrected chi connectivity index (χ1v) is 11.9. The highest BCUT2D eigenvalue weighted by Crippen LogP contribution is 2.36. The molecule has 3 fully saturated rings. The third-order valence-electron chi connectivity index (χ3n) is 7.14. The largest absolute Gasteiger partial charge is 0.378 e. The molecule has 2 atom stereocenters. The molecule has 0 spiro atoms. The Morgan fingerprint density at radius 2 is 1.83 bits per heavy atom. The van der Waals surface area contributed by atoms with E-state index in [1.165, 1.54) is 6.07 Å². The minimum Gasteiger partial charge on any atom is -0.378 e. The Bertz CT molecular complexity index is 1230. The van der Waals surface area contributed by atoms with E-state index in [0.717, 1.165) is 19.5 Å². The molecule has 0 unspecified atom stereocenters. The number of aromatic nitrogens is 3. The number of benzene rings is 1. The zero-order valence-electron chi connectivity index (χ0n) is 19.5. The smallest absolute Gasteiger partial charge is 0.227 e. The summed E-state index contributed by atoms with van der Waals surface area (Å²) < 4.78 is 35.7. The number of piperazine rings is 1. The van der Waals surface area contributed by atoms with E-state index in [1.807, 2.05) is 11.0 Å². The van der Waals surface area contributed by atoms with E-state index < -0.39 is 5.82 Å². The molecule has 1 aromatic carbocycles. The molecule has 2 aromatic heterocycles. The summed E-state index contributed by atoms with van der Waals surface area (Å²) in [6, 6.07) is 9.19. The summed E-state index contributed by atoms with van der Waals surface area (Å²) in [4.78, 5) is 19.3. The molecular weight excluding hydrogens is 452 g/mol. The maximum atomic E-state index is 15.4. The van der Waals surface area contributed by atoms with Crippen molar-refractivity contribution >= 4 is 23.1 Å². The highest BCUT2D eigenvalue weighted by molar-refractivity contribution is 5.67. The van der Waals surface area contributed by atoms with Crippen LogP contribution in [0.2, 0.25) is 0 Å². The number of nitrogens with zero attached hydrogens (tertiary/aromatic N) is 6. The second kappa shape index (κ2) is 9.01. The number of fused-ring (bicyclic) bond motifs is 2. The Morgan fingerprint density at radius 3 is 2.57 bits per heavy atom. The van der Waals surface area contributed by atoms with Crippen LogP contribution in [0.5, 0.6) is 0 Å². The van der Waals surface area contributed by atoms with Crippen molar-refractivity contribution < 1.29 is 13.5 Å². The van der Waals surface area contributed by atoms with Gasteiger partial charge in [0.1, 0.15) is 5.82 Å². The molecule has 182 valence electrons. The maximum absolute atomic E-state index is 15.4. The van der Waals surface area contributed by atoms with Gasteiger partial charge in [-0.05, 0) is 43.8 Å². The number of hydrogen-bond acceptors (Lipinski definition) is 8. The van der Waals surface area contributed by atoms with E-state index in [9.17, 15) is 0 Å². The van der Waals surface area contributed by atoms with Crippen molar-refractivity contribution in [3.05, 3.63) is 54.4 Å². The highest BCUT2D eigenvalue weighted by Gasteiger charge is 2.42. The predicted octanol–water partition coefficient (Wildman–Crippen LogP) is 3.29. The van der Waals surface area contributed by atoms with Crippen LogP contribution in [0.15, 0.2) is 42.7 Å². The second-order valence-electron chi connectivity index (χ2n) is 9.29. The fourth-order valence-electron chi connectivity index (χ4n) is 5.30. The van der Waals surface area contributed by atoms with Gasteiger partial charge >= 0.3 is 0 Å². The molecule has 3 aromatic rings. The molecule has 8 nitrogen and oxygen atoms in total. The molecule has 3 aliphatic heterocycles. The Balaban J connectivity index is 1.21. The summed E-state index contributed by atoms with van der Waals surface area (Å²) >= 11 is 0. The number of halogens is 2. The van der Waals surface area contributed by atoms with Crippen LogP contribution in [0.1, 0.15) is 6.42 Å². The molecule has 3 saturated heterocycles. The fraction of sp³-hybridized carbons (Fsp3) is 0.400. The Labute approximate surface area is 202 Å². The van der Waals surface area contributed by atoms with Gasteiger partial charge in [0, 0.05) is 61.9 Å². The third kappa shape index (κ3) is 4.17. The quantitative estimate of drug-likeness (QED) is 0.598. The van der Waals surface area contributed by atoms with Crippen molar-refractivity contribution in [3.63, 3.8) is 0 Å².